The molecule has 0 spiro atoms. The number of carbonyl (C=O) groups is 2. The molecule has 6 aromatic heterocycles. The lowest BCUT2D eigenvalue weighted by Gasteiger charge is -2.34. The number of amides is 2. The Morgan fingerprint density at radius 1 is 0.447 bits per heavy atom. The zero-order valence-electron chi connectivity index (χ0n) is 52.8. The van der Waals surface area contributed by atoms with Gasteiger partial charge in [0.25, 0.3) is 11.8 Å². The van der Waals surface area contributed by atoms with Crippen LogP contribution in [0.15, 0.2) is 97.1 Å². The number of rotatable bonds is 34. The molecule has 0 aliphatic carbocycles. The summed E-state index contributed by atoms with van der Waals surface area (Å²) >= 11 is 11.7. The second-order valence-electron chi connectivity index (χ2n) is 25.1. The van der Waals surface area contributed by atoms with Gasteiger partial charge < -0.3 is 0 Å². The minimum absolute atomic E-state index is 0.0936. The van der Waals surface area contributed by atoms with Crippen LogP contribution in [-0.2, 0) is 23.7 Å². The highest BCUT2D eigenvalue weighted by Crippen LogP contribution is 2.60. The van der Waals surface area contributed by atoms with E-state index in [2.05, 4.69) is 171 Å². The molecule has 7 heterocycles. The molecule has 3 aromatic carbocycles. The molecule has 0 saturated carbocycles. The normalized spacial score (nSPS) is 15.0. The van der Waals surface area contributed by atoms with Crippen LogP contribution in [0, 0.1) is 11.8 Å². The number of thiophene rings is 6. The van der Waals surface area contributed by atoms with E-state index in [9.17, 15) is 4.79 Å². The number of nitrogens with zero attached hydrogens (tertiary/aromatic N) is 1. The number of hydrogen-bond acceptors (Lipinski definition) is 8. The summed E-state index contributed by atoms with van der Waals surface area (Å²) < 4.78 is 3.88. The molecular formula is C76H95NO2S6. The van der Waals surface area contributed by atoms with Crippen molar-refractivity contribution < 1.29 is 9.59 Å². The van der Waals surface area contributed by atoms with Gasteiger partial charge in [-0.2, -0.15) is 0 Å². The third-order valence-corrected chi connectivity index (χ3v) is 26.8. The molecule has 9 aromatic rings. The topological polar surface area (TPSA) is 37.4 Å². The Labute approximate surface area is 534 Å². The third kappa shape index (κ3) is 13.1. The molecule has 452 valence electrons. The molecule has 0 radical (unpaired) electrons. The Kier molecular flexibility index (Phi) is 22.1. The van der Waals surface area contributed by atoms with Gasteiger partial charge >= 0.3 is 0 Å². The van der Waals surface area contributed by atoms with Crippen molar-refractivity contribution in [2.45, 2.75) is 227 Å². The van der Waals surface area contributed by atoms with Crippen molar-refractivity contribution in [3.05, 3.63) is 138 Å². The van der Waals surface area contributed by atoms with Gasteiger partial charge in [-0.05, 0) is 97.9 Å². The maximum Gasteiger partial charge on any atom is 0.271 e. The van der Waals surface area contributed by atoms with Crippen LogP contribution < -0.4 is 0 Å². The maximum atomic E-state index is 15.2. The molecule has 10 rings (SSSR count). The van der Waals surface area contributed by atoms with Crippen LogP contribution in [0.5, 0.6) is 0 Å². The zero-order chi connectivity index (χ0) is 59.7. The number of hydrogen-bond donors (Lipinski definition) is 0. The average Bonchev–Trinajstić information content (AvgIpc) is 1.59. The zero-order valence-corrected chi connectivity index (χ0v) is 57.7. The molecule has 1 aliphatic rings. The van der Waals surface area contributed by atoms with E-state index < -0.39 is 0 Å². The van der Waals surface area contributed by atoms with Gasteiger partial charge in [0.2, 0.25) is 0 Å². The quantitative estimate of drug-likeness (QED) is 0.0298. The van der Waals surface area contributed by atoms with Crippen LogP contribution >= 0.6 is 68.0 Å². The first kappa shape index (κ1) is 63.8. The minimum atomic E-state index is -0.376. The van der Waals surface area contributed by atoms with Crippen LogP contribution in [-0.4, -0.2) is 23.3 Å². The van der Waals surface area contributed by atoms with Crippen LogP contribution in [0.2, 0.25) is 0 Å². The predicted octanol–water partition coefficient (Wildman–Crippen LogP) is 25.8. The van der Waals surface area contributed by atoms with Crippen molar-refractivity contribution in [2.24, 2.45) is 11.8 Å². The van der Waals surface area contributed by atoms with Crippen molar-refractivity contribution in [1.29, 1.82) is 0 Å². The van der Waals surface area contributed by atoms with E-state index in [0.717, 1.165) is 100.0 Å². The molecule has 4 unspecified atom stereocenters. The van der Waals surface area contributed by atoms with Gasteiger partial charge in [0.1, 0.15) is 4.88 Å². The summed E-state index contributed by atoms with van der Waals surface area (Å²) in [5.41, 5.74) is 5.67. The smallest absolute Gasteiger partial charge is 0.271 e. The Bertz CT molecular complexity index is 3530. The van der Waals surface area contributed by atoms with Gasteiger partial charge in [0.15, 0.2) is 0 Å². The molecule has 0 bridgehead atoms. The van der Waals surface area contributed by atoms with Gasteiger partial charge in [0.05, 0.1) is 15.1 Å². The Balaban J connectivity index is 1.27. The first-order valence-electron chi connectivity index (χ1n) is 33.3. The van der Waals surface area contributed by atoms with E-state index in [4.69, 9.17) is 0 Å². The van der Waals surface area contributed by atoms with Crippen LogP contribution in [0.3, 0.4) is 0 Å². The second-order valence-corrected chi connectivity index (χ2v) is 31.6. The van der Waals surface area contributed by atoms with Crippen molar-refractivity contribution in [1.82, 2.24) is 4.90 Å². The Morgan fingerprint density at radius 2 is 1.01 bits per heavy atom. The summed E-state index contributed by atoms with van der Waals surface area (Å²) in [6, 6.07) is 37.8. The molecule has 0 saturated heterocycles. The lowest BCUT2D eigenvalue weighted by Crippen LogP contribution is -2.31. The third-order valence-electron chi connectivity index (χ3n) is 19.1. The molecule has 0 N–H and O–H groups in total. The van der Waals surface area contributed by atoms with Crippen LogP contribution in [0.25, 0.3) is 60.9 Å². The molecule has 4 atom stereocenters. The van der Waals surface area contributed by atoms with Gasteiger partial charge in [0, 0.05) is 88.2 Å². The highest BCUT2D eigenvalue weighted by Gasteiger charge is 2.44. The van der Waals surface area contributed by atoms with Gasteiger partial charge in [-0.15, -0.1) is 68.0 Å². The van der Waals surface area contributed by atoms with E-state index >= 15 is 4.79 Å². The van der Waals surface area contributed by atoms with Crippen molar-refractivity contribution in [3.63, 3.8) is 0 Å². The second kappa shape index (κ2) is 29.4. The summed E-state index contributed by atoms with van der Waals surface area (Å²) in [5.74, 6) is 1.17. The number of benzene rings is 3. The minimum Gasteiger partial charge on any atom is -0.274 e. The van der Waals surface area contributed by atoms with E-state index in [1.807, 2.05) is 45.3 Å². The molecule has 85 heavy (non-hydrogen) atoms. The average molecular weight is 1250 g/mol. The Hall–Kier alpha value is -4.22. The number of carbonyl (C=O) groups excluding carboxylic acids is 2. The standard InChI is InChI=1S/C76H95NO2S6/c1-10-18-23-24-32-46-77-73(78)66-65-70(84-71(66)74(77)79)69(85-72(65)75(9,44-31-19-11-2)53-35-27-25-28-36-53)61-49-57-63(59-41-39-55(80-59)47-51(16-7)33-20-12-3)68-58(50-62(83-68)76(43-15-6,45-22-14-5)54-37-29-26-30-38-54)64(67(57)82-61)60-42-40-56(81-60)48-52(17-8)34-21-13-4/h25-30,35-42,49-52H,10-24,31-34,43-48H2,1-9H3. The van der Waals surface area contributed by atoms with E-state index in [-0.39, 0.29) is 22.6 Å². The monoisotopic (exact) mass is 1250 g/mol. The Morgan fingerprint density at radius 3 is 1.60 bits per heavy atom. The molecule has 0 fully saturated rings. The summed E-state index contributed by atoms with van der Waals surface area (Å²) in [7, 11) is 0. The van der Waals surface area contributed by atoms with Crippen molar-refractivity contribution in [2.75, 3.05) is 6.54 Å². The number of fused-ring (bicyclic) bond motifs is 5. The first-order chi connectivity index (χ1) is 41.5. The molecule has 1 aliphatic heterocycles. The van der Waals surface area contributed by atoms with E-state index in [1.54, 1.807) is 16.2 Å². The fourth-order valence-electron chi connectivity index (χ4n) is 14.0. The van der Waals surface area contributed by atoms with E-state index in [0.29, 0.717) is 28.8 Å². The molecule has 9 heteroatoms. The lowest BCUT2D eigenvalue weighted by molar-refractivity contribution is 0.0653. The van der Waals surface area contributed by atoms with Crippen molar-refractivity contribution >= 4 is 110 Å². The summed E-state index contributed by atoms with van der Waals surface area (Å²) in [6.45, 7) is 21.6. The summed E-state index contributed by atoms with van der Waals surface area (Å²) in [4.78, 5) is 43.1. The van der Waals surface area contributed by atoms with Gasteiger partial charge in [-0.25, -0.2) is 0 Å². The van der Waals surface area contributed by atoms with Gasteiger partial charge in [-0.3, -0.25) is 14.5 Å². The SMILES string of the molecule is CCCCCCCN1C(=O)c2sc3c(-c4cc5c(-c6ccc(CC(CC)CCCC)s6)c6sc(C(CCC)(CCCC)c7ccccc7)cc6c(-c6ccc(CC(CC)CCCC)s6)c5s4)sc(C(C)(CCCCC)c4ccccc4)c3c2C1=O. The number of imide groups is 1. The molecular weight excluding hydrogens is 1150 g/mol. The van der Waals surface area contributed by atoms with Gasteiger partial charge in [-0.1, -0.05) is 239 Å². The highest BCUT2D eigenvalue weighted by atomic mass is 32.1. The largest absolute Gasteiger partial charge is 0.274 e. The fourth-order valence-corrected chi connectivity index (χ4v) is 22.4. The number of unbranched alkanes of at least 4 members (excludes halogenated alkanes) is 9. The first-order valence-corrected chi connectivity index (χ1v) is 38.2. The molecule has 3 nitrogen and oxygen atoms in total. The van der Waals surface area contributed by atoms with E-state index in [1.165, 1.54) is 146 Å². The summed E-state index contributed by atoms with van der Waals surface area (Å²) in [5, 5.41) is 3.76. The lowest BCUT2D eigenvalue weighted by atomic mass is 9.72. The molecule has 2 amide bonds. The maximum absolute atomic E-state index is 15.2. The van der Waals surface area contributed by atoms with Crippen LogP contribution in [0.1, 0.15) is 254 Å². The fraction of sp³-hybridized carbons (Fsp3) is 0.500. The van der Waals surface area contributed by atoms with Crippen molar-refractivity contribution in [3.8, 4) is 30.6 Å². The highest BCUT2D eigenvalue weighted by molar-refractivity contribution is 7.32. The predicted molar refractivity (Wildman–Crippen MR) is 379 cm³/mol. The summed E-state index contributed by atoms with van der Waals surface area (Å²) in [6.07, 6.45) is 27.6. The van der Waals surface area contributed by atoms with Crippen LogP contribution in [0.4, 0.5) is 0 Å².